The van der Waals surface area contributed by atoms with Crippen molar-refractivity contribution in [3.05, 3.63) is 52.5 Å². The minimum atomic E-state index is -0.0352. The molecule has 0 spiro atoms. The van der Waals surface area contributed by atoms with Crippen LogP contribution in [0.1, 0.15) is 49.0 Å². The summed E-state index contributed by atoms with van der Waals surface area (Å²) >= 11 is 0. The van der Waals surface area contributed by atoms with E-state index in [1.807, 2.05) is 6.07 Å². The highest BCUT2D eigenvalue weighted by molar-refractivity contribution is 5.38. The zero-order valence-corrected chi connectivity index (χ0v) is 13.5. The van der Waals surface area contributed by atoms with Crippen LogP contribution in [0.5, 0.6) is 0 Å². The zero-order chi connectivity index (χ0) is 15.6. The van der Waals surface area contributed by atoms with Gasteiger partial charge in [-0.3, -0.25) is 0 Å². The average molecular weight is 284 g/mol. The van der Waals surface area contributed by atoms with E-state index in [1.54, 1.807) is 0 Å². The lowest BCUT2D eigenvalue weighted by Crippen LogP contribution is -2.18. The molecule has 1 aromatic carbocycles. The van der Waals surface area contributed by atoms with Gasteiger partial charge in [-0.2, -0.15) is 0 Å². The maximum Gasteiger partial charge on any atom is 0.143 e. The summed E-state index contributed by atoms with van der Waals surface area (Å²) in [7, 11) is 0. The van der Waals surface area contributed by atoms with Crippen LogP contribution in [0, 0.1) is 13.8 Å². The number of anilines is 1. The van der Waals surface area contributed by atoms with Gasteiger partial charge in [0, 0.05) is 17.9 Å². The summed E-state index contributed by atoms with van der Waals surface area (Å²) in [5.41, 5.74) is 7.39. The molecule has 0 bridgehead atoms. The predicted molar refractivity (Wildman–Crippen MR) is 87.3 cm³/mol. The van der Waals surface area contributed by atoms with E-state index in [0.717, 1.165) is 11.5 Å². The molecule has 0 aliphatic carbocycles. The molecule has 0 radical (unpaired) electrons. The van der Waals surface area contributed by atoms with Crippen LogP contribution < -0.4 is 11.3 Å². The van der Waals surface area contributed by atoms with E-state index in [1.165, 1.54) is 16.7 Å². The van der Waals surface area contributed by atoms with Crippen LogP contribution in [0.3, 0.4) is 0 Å². The first-order chi connectivity index (χ1) is 9.79. The Labute approximate surface area is 126 Å². The molecule has 2 rings (SSSR count). The molecule has 1 aromatic heterocycles. The lowest BCUT2D eigenvalue weighted by Gasteiger charge is -2.19. The number of nitrogens with one attached hydrogen (secondary N) is 1. The van der Waals surface area contributed by atoms with Crippen molar-refractivity contribution in [1.29, 1.82) is 0 Å². The molecule has 0 saturated carbocycles. The van der Waals surface area contributed by atoms with E-state index in [-0.39, 0.29) is 5.41 Å². The van der Waals surface area contributed by atoms with E-state index in [2.05, 4.69) is 63.2 Å². The van der Waals surface area contributed by atoms with E-state index in [4.69, 9.17) is 10.8 Å². The Morgan fingerprint density at radius 3 is 2.33 bits per heavy atom. The Bertz CT molecular complexity index is 642. The van der Waals surface area contributed by atoms with Gasteiger partial charge in [-0.15, -0.1) is 0 Å². The van der Waals surface area contributed by atoms with Gasteiger partial charge in [0.15, 0.2) is 0 Å². The van der Waals surface area contributed by atoms with Crippen LogP contribution in [0.15, 0.2) is 24.3 Å². The van der Waals surface area contributed by atoms with E-state index < -0.39 is 0 Å². The van der Waals surface area contributed by atoms with Gasteiger partial charge in [0.1, 0.15) is 11.6 Å². The van der Waals surface area contributed by atoms with E-state index in [0.29, 0.717) is 12.2 Å². The molecule has 3 N–H and O–H groups in total. The first-order valence-corrected chi connectivity index (χ1v) is 7.21. The Morgan fingerprint density at radius 2 is 1.76 bits per heavy atom. The Hall–Kier alpha value is -1.94. The average Bonchev–Trinajstić information content (AvgIpc) is 2.41. The van der Waals surface area contributed by atoms with E-state index in [9.17, 15) is 0 Å². The fraction of sp³-hybridized carbons (Fsp3) is 0.412. The summed E-state index contributed by atoms with van der Waals surface area (Å²) in [6.07, 6.45) is 0.708. The lowest BCUT2D eigenvalue weighted by atomic mass is 9.92. The summed E-state index contributed by atoms with van der Waals surface area (Å²) in [5.74, 6) is 6.98. The third-order valence-electron chi connectivity index (χ3n) is 3.62. The van der Waals surface area contributed by atoms with Gasteiger partial charge in [0.2, 0.25) is 0 Å². The van der Waals surface area contributed by atoms with Crippen LogP contribution in [0.25, 0.3) is 0 Å². The van der Waals surface area contributed by atoms with Gasteiger partial charge in [-0.05, 0) is 30.5 Å². The van der Waals surface area contributed by atoms with Crippen molar-refractivity contribution in [3.63, 3.8) is 0 Å². The molecule has 4 heteroatoms. The first kappa shape index (κ1) is 15.4. The molecule has 0 unspecified atom stereocenters. The molecule has 21 heavy (non-hydrogen) atoms. The maximum absolute atomic E-state index is 5.53. The standard InChI is InChI=1S/C17H24N4/c1-11-6-7-13(8-12(11)2)9-15-19-14(17(3,4)5)10-16(20-15)21-18/h6-8,10H,9,18H2,1-5H3,(H,19,20,21). The van der Waals surface area contributed by atoms with E-state index >= 15 is 0 Å². The monoisotopic (exact) mass is 284 g/mol. The smallest absolute Gasteiger partial charge is 0.143 e. The molecule has 0 amide bonds. The molecule has 112 valence electrons. The second-order valence-corrected chi connectivity index (χ2v) is 6.54. The van der Waals surface area contributed by atoms with Crippen molar-refractivity contribution in [3.8, 4) is 0 Å². The number of nitrogens with zero attached hydrogens (tertiary/aromatic N) is 2. The van der Waals surface area contributed by atoms with Crippen molar-refractivity contribution in [2.75, 3.05) is 5.43 Å². The summed E-state index contributed by atoms with van der Waals surface area (Å²) in [6.45, 7) is 10.6. The Balaban J connectivity index is 2.36. The lowest BCUT2D eigenvalue weighted by molar-refractivity contribution is 0.563. The second kappa shape index (κ2) is 5.82. The van der Waals surface area contributed by atoms with Crippen LogP contribution >= 0.6 is 0 Å². The van der Waals surface area contributed by atoms with Crippen molar-refractivity contribution >= 4 is 5.82 Å². The minimum absolute atomic E-state index is 0.0352. The fourth-order valence-corrected chi connectivity index (χ4v) is 2.13. The van der Waals surface area contributed by atoms with Gasteiger partial charge in [0.25, 0.3) is 0 Å². The first-order valence-electron chi connectivity index (χ1n) is 7.21. The number of aromatic nitrogens is 2. The molecule has 0 saturated heterocycles. The molecule has 0 fully saturated rings. The summed E-state index contributed by atoms with van der Waals surface area (Å²) in [5, 5.41) is 0. The Kier molecular flexibility index (Phi) is 4.28. The fourth-order valence-electron chi connectivity index (χ4n) is 2.13. The molecular formula is C17H24N4. The normalized spacial score (nSPS) is 11.5. The quantitative estimate of drug-likeness (QED) is 0.670. The zero-order valence-electron chi connectivity index (χ0n) is 13.5. The minimum Gasteiger partial charge on any atom is -0.308 e. The van der Waals surface area contributed by atoms with Gasteiger partial charge < -0.3 is 5.43 Å². The van der Waals surface area contributed by atoms with Crippen LogP contribution in [-0.4, -0.2) is 9.97 Å². The molecule has 1 heterocycles. The number of nitrogens with two attached hydrogens (primary N) is 1. The number of hydrogen-bond donors (Lipinski definition) is 2. The number of hydrogen-bond acceptors (Lipinski definition) is 4. The Morgan fingerprint density at radius 1 is 1.05 bits per heavy atom. The number of nitrogen functional groups attached to an aromatic ring is 1. The predicted octanol–water partition coefficient (Wildman–Crippen LogP) is 3.27. The number of benzene rings is 1. The molecule has 0 atom stereocenters. The summed E-state index contributed by atoms with van der Waals surface area (Å²) in [4.78, 5) is 9.16. The SMILES string of the molecule is Cc1ccc(Cc2nc(NN)cc(C(C)(C)C)n2)cc1C. The van der Waals surface area contributed by atoms with Gasteiger partial charge >= 0.3 is 0 Å². The third kappa shape index (κ3) is 3.79. The second-order valence-electron chi connectivity index (χ2n) is 6.54. The molecule has 0 aliphatic heterocycles. The molecular weight excluding hydrogens is 260 g/mol. The van der Waals surface area contributed by atoms with Crippen LogP contribution in [0.2, 0.25) is 0 Å². The van der Waals surface area contributed by atoms with Gasteiger partial charge in [-0.25, -0.2) is 15.8 Å². The molecule has 4 nitrogen and oxygen atoms in total. The van der Waals surface area contributed by atoms with Gasteiger partial charge in [-0.1, -0.05) is 39.0 Å². The summed E-state index contributed by atoms with van der Waals surface area (Å²) < 4.78 is 0. The van der Waals surface area contributed by atoms with Crippen molar-refractivity contribution in [2.24, 2.45) is 5.84 Å². The van der Waals surface area contributed by atoms with Crippen LogP contribution in [0.4, 0.5) is 5.82 Å². The number of hydrazine groups is 1. The highest BCUT2D eigenvalue weighted by atomic mass is 15.3. The van der Waals surface area contributed by atoms with Crippen molar-refractivity contribution in [2.45, 2.75) is 46.5 Å². The van der Waals surface area contributed by atoms with Crippen molar-refractivity contribution in [1.82, 2.24) is 9.97 Å². The highest BCUT2D eigenvalue weighted by Crippen LogP contribution is 2.23. The maximum atomic E-state index is 5.53. The topological polar surface area (TPSA) is 63.8 Å². The number of rotatable bonds is 3. The molecule has 0 aliphatic rings. The van der Waals surface area contributed by atoms with Gasteiger partial charge in [0.05, 0.1) is 5.69 Å². The highest BCUT2D eigenvalue weighted by Gasteiger charge is 2.18. The third-order valence-corrected chi connectivity index (χ3v) is 3.62. The summed E-state index contributed by atoms with van der Waals surface area (Å²) in [6, 6.07) is 8.37. The molecule has 2 aromatic rings. The number of aryl methyl sites for hydroxylation is 2. The van der Waals surface area contributed by atoms with Crippen LogP contribution in [-0.2, 0) is 11.8 Å². The largest absolute Gasteiger partial charge is 0.308 e. The van der Waals surface area contributed by atoms with Crippen molar-refractivity contribution < 1.29 is 0 Å².